The van der Waals surface area contributed by atoms with Gasteiger partial charge in [-0.25, -0.2) is 14.8 Å². The van der Waals surface area contributed by atoms with Gasteiger partial charge in [-0.1, -0.05) is 0 Å². The van der Waals surface area contributed by atoms with E-state index in [0.717, 1.165) is 36.2 Å². The molecule has 1 N–H and O–H groups in total. The Hall–Kier alpha value is -2.77. The summed E-state index contributed by atoms with van der Waals surface area (Å²) in [5.41, 5.74) is 0.340. The molecule has 2 heterocycles. The molecular weight excluding hydrogens is 360 g/mol. The maximum atomic E-state index is 11.7. The lowest BCUT2D eigenvalue weighted by Gasteiger charge is -2.40. The quantitative estimate of drug-likeness (QED) is 0.814. The summed E-state index contributed by atoms with van der Waals surface area (Å²) >= 11 is 0. The molecule has 0 saturated carbocycles. The van der Waals surface area contributed by atoms with Crippen LogP contribution in [0, 0.1) is 5.92 Å². The van der Waals surface area contributed by atoms with E-state index < -0.39 is 5.60 Å². The van der Waals surface area contributed by atoms with E-state index in [1.807, 2.05) is 32.9 Å². The van der Waals surface area contributed by atoms with Gasteiger partial charge in [0.2, 0.25) is 0 Å². The Labute approximate surface area is 165 Å². The molecule has 1 aromatic carbocycles. The molecule has 0 aliphatic carbocycles. The smallest absolute Gasteiger partial charge is 0.407 e. The van der Waals surface area contributed by atoms with Crippen LogP contribution in [0.15, 0.2) is 18.5 Å². The number of nitrogens with one attached hydrogen (secondary N) is 1. The molecule has 1 amide bonds. The Balaban J connectivity index is 1.58. The molecule has 1 aliphatic heterocycles. The highest BCUT2D eigenvalue weighted by molar-refractivity contribution is 5.92. The van der Waals surface area contributed by atoms with E-state index in [1.165, 1.54) is 0 Å². The van der Waals surface area contributed by atoms with Crippen LogP contribution in [-0.4, -0.2) is 55.5 Å². The lowest BCUT2D eigenvalue weighted by atomic mass is 9.96. The fourth-order valence-electron chi connectivity index (χ4n) is 3.24. The average molecular weight is 388 g/mol. The van der Waals surface area contributed by atoms with E-state index in [2.05, 4.69) is 20.2 Å². The van der Waals surface area contributed by atoms with E-state index >= 15 is 0 Å². The van der Waals surface area contributed by atoms with Crippen molar-refractivity contribution in [3.63, 3.8) is 0 Å². The number of anilines is 1. The Kier molecular flexibility index (Phi) is 5.76. The lowest BCUT2D eigenvalue weighted by Crippen LogP contribution is -2.48. The predicted molar refractivity (Wildman–Crippen MR) is 107 cm³/mol. The molecule has 1 fully saturated rings. The van der Waals surface area contributed by atoms with Crippen molar-refractivity contribution in [3.05, 3.63) is 18.5 Å². The summed E-state index contributed by atoms with van der Waals surface area (Å²) in [5.74, 6) is 2.70. The summed E-state index contributed by atoms with van der Waals surface area (Å²) in [7, 11) is 3.22. The summed E-state index contributed by atoms with van der Waals surface area (Å²) in [5, 5.41) is 3.75. The summed E-state index contributed by atoms with van der Waals surface area (Å²) in [6, 6.07) is 3.78. The van der Waals surface area contributed by atoms with Gasteiger partial charge in [-0.05, 0) is 39.2 Å². The van der Waals surface area contributed by atoms with Gasteiger partial charge in [0.15, 0.2) is 11.5 Å². The Bertz CT molecular complexity index is 844. The summed E-state index contributed by atoms with van der Waals surface area (Å²) in [6.45, 7) is 7.93. The van der Waals surface area contributed by atoms with Crippen molar-refractivity contribution in [1.29, 1.82) is 0 Å². The number of carbonyl (C=O) groups excluding carboxylic acids is 1. The van der Waals surface area contributed by atoms with Crippen LogP contribution in [0.1, 0.15) is 27.2 Å². The highest BCUT2D eigenvalue weighted by atomic mass is 16.6. The van der Waals surface area contributed by atoms with Gasteiger partial charge in [0.05, 0.1) is 19.7 Å². The molecule has 8 heteroatoms. The molecule has 0 bridgehead atoms. The molecule has 0 unspecified atom stereocenters. The van der Waals surface area contributed by atoms with Gasteiger partial charge in [0.1, 0.15) is 17.7 Å². The summed E-state index contributed by atoms with van der Waals surface area (Å²) < 4.78 is 16.0. The van der Waals surface area contributed by atoms with E-state index in [1.54, 1.807) is 20.5 Å². The number of rotatable bonds is 6. The van der Waals surface area contributed by atoms with Gasteiger partial charge >= 0.3 is 6.09 Å². The Morgan fingerprint density at radius 1 is 1.18 bits per heavy atom. The molecule has 1 aliphatic rings. The SMILES string of the molecule is COc1cc2ncnc(N3CC(CCNC(=O)OC(C)(C)C)C3)c2cc1OC. The number of alkyl carbamates (subject to hydrolysis) is 1. The number of ether oxygens (including phenoxy) is 3. The zero-order valence-electron chi connectivity index (χ0n) is 17.1. The number of nitrogens with zero attached hydrogens (tertiary/aromatic N) is 3. The Morgan fingerprint density at radius 3 is 2.50 bits per heavy atom. The number of amides is 1. The minimum absolute atomic E-state index is 0.369. The number of fused-ring (bicyclic) bond motifs is 1. The van der Waals surface area contributed by atoms with Crippen molar-refractivity contribution < 1.29 is 19.0 Å². The van der Waals surface area contributed by atoms with Crippen LogP contribution in [0.5, 0.6) is 11.5 Å². The first-order chi connectivity index (χ1) is 13.3. The number of carbonyl (C=O) groups is 1. The maximum absolute atomic E-state index is 11.7. The molecule has 152 valence electrons. The van der Waals surface area contributed by atoms with Crippen molar-refractivity contribution in [2.75, 3.05) is 38.8 Å². The van der Waals surface area contributed by atoms with Crippen LogP contribution in [0.2, 0.25) is 0 Å². The molecule has 8 nitrogen and oxygen atoms in total. The zero-order valence-corrected chi connectivity index (χ0v) is 17.1. The van der Waals surface area contributed by atoms with Crippen molar-refractivity contribution in [2.45, 2.75) is 32.8 Å². The van der Waals surface area contributed by atoms with Gasteiger partial charge in [-0.2, -0.15) is 0 Å². The van der Waals surface area contributed by atoms with Crippen molar-refractivity contribution in [1.82, 2.24) is 15.3 Å². The second-order valence-corrected chi connectivity index (χ2v) is 7.91. The molecule has 0 spiro atoms. The number of methoxy groups -OCH3 is 2. The molecule has 0 radical (unpaired) electrons. The molecule has 1 saturated heterocycles. The molecule has 1 aromatic heterocycles. The highest BCUT2D eigenvalue weighted by Crippen LogP contribution is 2.36. The fourth-order valence-corrected chi connectivity index (χ4v) is 3.24. The predicted octanol–water partition coefficient (Wildman–Crippen LogP) is 3.00. The largest absolute Gasteiger partial charge is 0.493 e. The van der Waals surface area contributed by atoms with E-state index in [4.69, 9.17) is 14.2 Å². The van der Waals surface area contributed by atoms with Gasteiger partial charge in [0.25, 0.3) is 0 Å². The first-order valence-corrected chi connectivity index (χ1v) is 9.39. The number of hydrogen-bond donors (Lipinski definition) is 1. The monoisotopic (exact) mass is 388 g/mol. The van der Waals surface area contributed by atoms with Crippen molar-refractivity contribution in [2.24, 2.45) is 5.92 Å². The maximum Gasteiger partial charge on any atom is 0.407 e. The molecular formula is C20H28N4O4. The van der Waals surface area contributed by atoms with Crippen LogP contribution in [0.3, 0.4) is 0 Å². The van der Waals surface area contributed by atoms with Gasteiger partial charge in [-0.3, -0.25) is 0 Å². The zero-order chi connectivity index (χ0) is 20.3. The number of aromatic nitrogens is 2. The van der Waals surface area contributed by atoms with Crippen LogP contribution in [-0.2, 0) is 4.74 Å². The van der Waals surface area contributed by atoms with Crippen molar-refractivity contribution >= 4 is 22.8 Å². The third-order valence-electron chi connectivity index (χ3n) is 4.60. The Morgan fingerprint density at radius 2 is 1.86 bits per heavy atom. The third-order valence-corrected chi connectivity index (χ3v) is 4.60. The topological polar surface area (TPSA) is 85.8 Å². The van der Waals surface area contributed by atoms with Gasteiger partial charge < -0.3 is 24.4 Å². The average Bonchev–Trinajstić information content (AvgIpc) is 2.60. The molecule has 3 rings (SSSR count). The number of hydrogen-bond acceptors (Lipinski definition) is 7. The first-order valence-electron chi connectivity index (χ1n) is 9.39. The molecule has 2 aromatic rings. The first kappa shape index (κ1) is 20.0. The second-order valence-electron chi connectivity index (χ2n) is 7.91. The molecule has 28 heavy (non-hydrogen) atoms. The third kappa shape index (κ3) is 4.55. The van der Waals surface area contributed by atoms with Crippen LogP contribution < -0.4 is 19.7 Å². The summed E-state index contributed by atoms with van der Waals surface area (Å²) in [6.07, 6.45) is 2.10. The van der Waals surface area contributed by atoms with Crippen LogP contribution in [0.25, 0.3) is 10.9 Å². The van der Waals surface area contributed by atoms with E-state index in [0.29, 0.717) is 24.0 Å². The minimum atomic E-state index is -0.477. The van der Waals surface area contributed by atoms with Crippen LogP contribution in [0.4, 0.5) is 10.6 Å². The number of benzene rings is 1. The molecule has 0 atom stereocenters. The lowest BCUT2D eigenvalue weighted by molar-refractivity contribution is 0.0524. The standard InChI is InChI=1S/C20H28N4O4/c1-20(2,3)28-19(25)21-7-6-13-10-24(11-13)18-14-8-16(26-4)17(27-5)9-15(14)22-12-23-18/h8-9,12-13H,6-7,10-11H2,1-5H3,(H,21,25). The summed E-state index contributed by atoms with van der Waals surface area (Å²) in [4.78, 5) is 22.7. The second kappa shape index (κ2) is 8.08. The van der Waals surface area contributed by atoms with E-state index in [9.17, 15) is 4.79 Å². The minimum Gasteiger partial charge on any atom is -0.493 e. The van der Waals surface area contributed by atoms with Gasteiger partial charge in [-0.15, -0.1) is 0 Å². The fraction of sp³-hybridized carbons (Fsp3) is 0.550. The van der Waals surface area contributed by atoms with Crippen LogP contribution >= 0.6 is 0 Å². The highest BCUT2D eigenvalue weighted by Gasteiger charge is 2.29. The van der Waals surface area contributed by atoms with Crippen molar-refractivity contribution in [3.8, 4) is 11.5 Å². The normalized spacial score (nSPS) is 14.5. The van der Waals surface area contributed by atoms with Gasteiger partial charge in [0, 0.05) is 31.1 Å². The van der Waals surface area contributed by atoms with E-state index in [-0.39, 0.29) is 6.09 Å².